The normalized spacial score (nSPS) is 10.2. The standard InChI is InChI=1S/C13H14N2O/c16-13(11-5-2-1-3-6-11)8-4-7-12-9-14-10-15-12/h1-3,5-6,9-10H,4,7-8H2,(H,14,15). The van der Waals surface area contributed by atoms with Gasteiger partial charge in [-0.1, -0.05) is 30.3 Å². The Morgan fingerprint density at radius 1 is 1.25 bits per heavy atom. The van der Waals surface area contributed by atoms with Gasteiger partial charge in [-0.15, -0.1) is 0 Å². The lowest BCUT2D eigenvalue weighted by Crippen LogP contribution is -1.99. The Kier molecular flexibility index (Phi) is 3.49. The first-order chi connectivity index (χ1) is 7.86. The molecule has 0 aliphatic heterocycles. The summed E-state index contributed by atoms with van der Waals surface area (Å²) in [4.78, 5) is 18.7. The maximum atomic E-state index is 11.7. The van der Waals surface area contributed by atoms with E-state index in [1.165, 1.54) is 0 Å². The van der Waals surface area contributed by atoms with Gasteiger partial charge < -0.3 is 4.98 Å². The second-order valence-corrected chi connectivity index (χ2v) is 3.72. The van der Waals surface area contributed by atoms with E-state index < -0.39 is 0 Å². The van der Waals surface area contributed by atoms with E-state index >= 15 is 0 Å². The molecule has 1 N–H and O–H groups in total. The lowest BCUT2D eigenvalue weighted by molar-refractivity contribution is 0.0980. The van der Waals surface area contributed by atoms with Gasteiger partial charge in [-0.25, -0.2) is 4.98 Å². The molecule has 2 rings (SSSR count). The van der Waals surface area contributed by atoms with E-state index in [0.717, 1.165) is 24.1 Å². The number of rotatable bonds is 5. The third-order valence-electron chi connectivity index (χ3n) is 2.50. The van der Waals surface area contributed by atoms with Gasteiger partial charge in [-0.05, 0) is 12.8 Å². The molecule has 3 heteroatoms. The highest BCUT2D eigenvalue weighted by molar-refractivity contribution is 5.95. The maximum Gasteiger partial charge on any atom is 0.162 e. The number of hydrogen-bond acceptors (Lipinski definition) is 2. The predicted molar refractivity (Wildman–Crippen MR) is 62.3 cm³/mol. The van der Waals surface area contributed by atoms with Gasteiger partial charge in [0.05, 0.1) is 6.33 Å². The lowest BCUT2D eigenvalue weighted by Gasteiger charge is -1.99. The SMILES string of the molecule is O=C(CCCc1cnc[nH]1)c1ccccc1. The number of aryl methyl sites for hydroxylation is 1. The van der Waals surface area contributed by atoms with Crippen molar-refractivity contribution >= 4 is 5.78 Å². The van der Waals surface area contributed by atoms with E-state index in [1.54, 1.807) is 12.5 Å². The molecule has 0 saturated carbocycles. The molecule has 0 aliphatic carbocycles. The molecule has 1 aromatic heterocycles. The van der Waals surface area contributed by atoms with E-state index in [1.807, 2.05) is 30.3 Å². The van der Waals surface area contributed by atoms with E-state index in [9.17, 15) is 4.79 Å². The van der Waals surface area contributed by atoms with Crippen molar-refractivity contribution in [3.63, 3.8) is 0 Å². The number of H-pyrrole nitrogens is 1. The zero-order valence-electron chi connectivity index (χ0n) is 9.02. The molecular weight excluding hydrogens is 200 g/mol. The number of aromatic nitrogens is 2. The average molecular weight is 214 g/mol. The van der Waals surface area contributed by atoms with Gasteiger partial charge in [0.25, 0.3) is 0 Å². The van der Waals surface area contributed by atoms with Crippen molar-refractivity contribution in [2.24, 2.45) is 0 Å². The third kappa shape index (κ3) is 2.79. The Hall–Kier alpha value is -1.90. The summed E-state index contributed by atoms with van der Waals surface area (Å²) in [7, 11) is 0. The molecule has 0 amide bonds. The van der Waals surface area contributed by atoms with Crippen LogP contribution in [0.3, 0.4) is 0 Å². The number of ketones is 1. The van der Waals surface area contributed by atoms with Gasteiger partial charge in [-0.2, -0.15) is 0 Å². The zero-order chi connectivity index (χ0) is 11.2. The van der Waals surface area contributed by atoms with E-state index in [2.05, 4.69) is 9.97 Å². The molecule has 1 heterocycles. The van der Waals surface area contributed by atoms with Crippen molar-refractivity contribution in [1.29, 1.82) is 0 Å². The first kappa shape index (κ1) is 10.6. The minimum Gasteiger partial charge on any atom is -0.348 e. The van der Waals surface area contributed by atoms with Crippen LogP contribution in [-0.4, -0.2) is 15.8 Å². The van der Waals surface area contributed by atoms with Crippen LogP contribution in [0.25, 0.3) is 0 Å². The van der Waals surface area contributed by atoms with Gasteiger partial charge in [0, 0.05) is 23.9 Å². The monoisotopic (exact) mass is 214 g/mol. The summed E-state index contributed by atoms with van der Waals surface area (Å²) in [5, 5.41) is 0. The van der Waals surface area contributed by atoms with Gasteiger partial charge in [0.2, 0.25) is 0 Å². The number of nitrogens with zero attached hydrogens (tertiary/aromatic N) is 1. The number of hydrogen-bond donors (Lipinski definition) is 1. The predicted octanol–water partition coefficient (Wildman–Crippen LogP) is 2.62. The molecule has 0 atom stereocenters. The van der Waals surface area contributed by atoms with Gasteiger partial charge in [-0.3, -0.25) is 4.79 Å². The van der Waals surface area contributed by atoms with E-state index in [-0.39, 0.29) is 5.78 Å². The largest absolute Gasteiger partial charge is 0.348 e. The second kappa shape index (κ2) is 5.26. The molecule has 16 heavy (non-hydrogen) atoms. The van der Waals surface area contributed by atoms with Gasteiger partial charge >= 0.3 is 0 Å². The fourth-order valence-electron chi connectivity index (χ4n) is 1.63. The summed E-state index contributed by atoms with van der Waals surface area (Å²) in [5.74, 6) is 0.208. The van der Waals surface area contributed by atoms with E-state index in [4.69, 9.17) is 0 Å². The number of benzene rings is 1. The molecule has 82 valence electrons. The van der Waals surface area contributed by atoms with Gasteiger partial charge in [0.15, 0.2) is 5.78 Å². The maximum absolute atomic E-state index is 11.7. The molecule has 3 nitrogen and oxygen atoms in total. The second-order valence-electron chi connectivity index (χ2n) is 3.72. The Morgan fingerprint density at radius 2 is 2.06 bits per heavy atom. The molecule has 0 saturated heterocycles. The lowest BCUT2D eigenvalue weighted by atomic mass is 10.1. The molecule has 0 bridgehead atoms. The Labute approximate surface area is 94.5 Å². The van der Waals surface area contributed by atoms with Crippen molar-refractivity contribution in [1.82, 2.24) is 9.97 Å². The number of nitrogens with one attached hydrogen (secondary N) is 1. The number of imidazole rings is 1. The van der Waals surface area contributed by atoms with Crippen molar-refractivity contribution in [2.75, 3.05) is 0 Å². The molecule has 2 aromatic rings. The fraction of sp³-hybridized carbons (Fsp3) is 0.231. The summed E-state index contributed by atoms with van der Waals surface area (Å²) in [6.45, 7) is 0. The van der Waals surface area contributed by atoms with Crippen LogP contribution in [0.4, 0.5) is 0 Å². The summed E-state index contributed by atoms with van der Waals surface area (Å²) >= 11 is 0. The van der Waals surface area contributed by atoms with Crippen LogP contribution in [0, 0.1) is 0 Å². The first-order valence-electron chi connectivity index (χ1n) is 5.42. The molecule has 0 fully saturated rings. The topological polar surface area (TPSA) is 45.8 Å². The zero-order valence-corrected chi connectivity index (χ0v) is 9.02. The fourth-order valence-corrected chi connectivity index (χ4v) is 1.63. The number of aromatic amines is 1. The van der Waals surface area contributed by atoms with Crippen molar-refractivity contribution in [2.45, 2.75) is 19.3 Å². The number of carbonyl (C=O) groups is 1. The highest BCUT2D eigenvalue weighted by Gasteiger charge is 2.04. The van der Waals surface area contributed by atoms with Crippen LogP contribution < -0.4 is 0 Å². The van der Waals surface area contributed by atoms with Gasteiger partial charge in [0.1, 0.15) is 0 Å². The molecule has 1 aromatic carbocycles. The van der Waals surface area contributed by atoms with Crippen molar-refractivity contribution in [3.05, 3.63) is 54.1 Å². The summed E-state index contributed by atoms with van der Waals surface area (Å²) in [5.41, 5.74) is 1.88. The van der Waals surface area contributed by atoms with Crippen molar-refractivity contribution in [3.8, 4) is 0 Å². The summed E-state index contributed by atoms with van der Waals surface area (Å²) < 4.78 is 0. The van der Waals surface area contributed by atoms with Crippen LogP contribution in [0.5, 0.6) is 0 Å². The summed E-state index contributed by atoms with van der Waals surface area (Å²) in [6.07, 6.45) is 5.78. The van der Waals surface area contributed by atoms with Crippen LogP contribution in [0.1, 0.15) is 28.9 Å². The highest BCUT2D eigenvalue weighted by atomic mass is 16.1. The summed E-state index contributed by atoms with van der Waals surface area (Å²) in [6, 6.07) is 9.42. The molecule has 0 radical (unpaired) electrons. The van der Waals surface area contributed by atoms with Crippen LogP contribution in [0.15, 0.2) is 42.9 Å². The van der Waals surface area contributed by atoms with E-state index in [0.29, 0.717) is 6.42 Å². The molecule has 0 aliphatic rings. The molecule has 0 unspecified atom stereocenters. The smallest absolute Gasteiger partial charge is 0.162 e. The third-order valence-corrected chi connectivity index (χ3v) is 2.50. The average Bonchev–Trinajstić information content (AvgIpc) is 2.83. The molecule has 0 spiro atoms. The quantitative estimate of drug-likeness (QED) is 0.777. The van der Waals surface area contributed by atoms with Crippen LogP contribution in [0.2, 0.25) is 0 Å². The Balaban J connectivity index is 1.81. The van der Waals surface area contributed by atoms with Crippen LogP contribution >= 0.6 is 0 Å². The minimum atomic E-state index is 0.208. The first-order valence-corrected chi connectivity index (χ1v) is 5.42. The van der Waals surface area contributed by atoms with Crippen LogP contribution in [-0.2, 0) is 6.42 Å². The Bertz CT molecular complexity index is 434. The van der Waals surface area contributed by atoms with Crippen molar-refractivity contribution < 1.29 is 4.79 Å². The minimum absolute atomic E-state index is 0.208. The number of Topliss-reactive ketones (excluding diaryl/α,β-unsaturated/α-hetero) is 1. The Morgan fingerprint density at radius 3 is 2.75 bits per heavy atom. The number of carbonyl (C=O) groups excluding carboxylic acids is 1. The molecular formula is C13H14N2O. The highest BCUT2D eigenvalue weighted by Crippen LogP contribution is 2.07.